The second-order valence-corrected chi connectivity index (χ2v) is 5.28. The summed E-state index contributed by atoms with van der Waals surface area (Å²) in [6.07, 6.45) is 0. The molecule has 2 N–H and O–H groups in total. The molecule has 0 amide bonds. The first kappa shape index (κ1) is 13.5. The van der Waals surface area contributed by atoms with Crippen molar-refractivity contribution in [2.45, 2.75) is 13.8 Å². The Morgan fingerprint density at radius 2 is 2.05 bits per heavy atom. The molecule has 0 saturated heterocycles. The minimum absolute atomic E-state index is 0.251. The van der Waals surface area contributed by atoms with Gasteiger partial charge in [-0.2, -0.15) is 0 Å². The Morgan fingerprint density at radius 3 is 2.63 bits per heavy atom. The number of anilines is 1. The van der Waals surface area contributed by atoms with Gasteiger partial charge in [0.1, 0.15) is 10.7 Å². The average Bonchev–Trinajstić information content (AvgIpc) is 2.69. The van der Waals surface area contributed by atoms with E-state index in [9.17, 15) is 9.18 Å². The third-order valence-electron chi connectivity index (χ3n) is 2.98. The number of esters is 1. The van der Waals surface area contributed by atoms with Crippen molar-refractivity contribution in [1.29, 1.82) is 0 Å². The highest BCUT2D eigenvalue weighted by molar-refractivity contribution is 7.18. The van der Waals surface area contributed by atoms with E-state index in [1.165, 1.54) is 24.5 Å². The van der Waals surface area contributed by atoms with E-state index in [-0.39, 0.29) is 5.82 Å². The highest BCUT2D eigenvalue weighted by Gasteiger charge is 2.20. The van der Waals surface area contributed by atoms with Gasteiger partial charge < -0.3 is 10.5 Å². The highest BCUT2D eigenvalue weighted by Crippen LogP contribution is 2.38. The molecule has 1 aromatic carbocycles. The van der Waals surface area contributed by atoms with Crippen LogP contribution in [0.15, 0.2) is 18.2 Å². The third kappa shape index (κ3) is 2.33. The number of ether oxygens (including phenoxy) is 1. The van der Waals surface area contributed by atoms with E-state index >= 15 is 0 Å². The Hall–Kier alpha value is -1.88. The lowest BCUT2D eigenvalue weighted by atomic mass is 10.1. The van der Waals surface area contributed by atoms with Crippen LogP contribution in [0.5, 0.6) is 0 Å². The fourth-order valence-electron chi connectivity index (χ4n) is 1.83. The van der Waals surface area contributed by atoms with E-state index in [2.05, 4.69) is 0 Å². The second-order valence-electron chi connectivity index (χ2n) is 4.25. The molecule has 0 aliphatic heterocycles. The maximum Gasteiger partial charge on any atom is 0.350 e. The molecule has 0 bridgehead atoms. The number of aryl methyl sites for hydroxylation is 1. The summed E-state index contributed by atoms with van der Waals surface area (Å²) in [7, 11) is 1.32. The van der Waals surface area contributed by atoms with E-state index < -0.39 is 5.97 Å². The molecule has 0 saturated carbocycles. The number of thiophene rings is 1. The topological polar surface area (TPSA) is 52.3 Å². The van der Waals surface area contributed by atoms with Gasteiger partial charge in [0.05, 0.1) is 12.8 Å². The standard InChI is InChI=1S/C14H14FNO2S/c1-7-6-9(4-5-10(7)15)12-8(2)11(16)13(19-12)14(17)18-3/h4-6H,16H2,1-3H3. The number of methoxy groups -OCH3 is 1. The molecule has 19 heavy (non-hydrogen) atoms. The molecule has 0 unspecified atom stereocenters. The van der Waals surface area contributed by atoms with Gasteiger partial charge in [-0.1, -0.05) is 6.07 Å². The van der Waals surface area contributed by atoms with Crippen molar-refractivity contribution in [1.82, 2.24) is 0 Å². The van der Waals surface area contributed by atoms with Crippen molar-refractivity contribution in [3.05, 3.63) is 40.0 Å². The molecule has 100 valence electrons. The summed E-state index contributed by atoms with van der Waals surface area (Å²) in [5, 5.41) is 0. The van der Waals surface area contributed by atoms with Crippen LogP contribution in [0.25, 0.3) is 10.4 Å². The van der Waals surface area contributed by atoms with Gasteiger partial charge in [-0.25, -0.2) is 9.18 Å². The maximum absolute atomic E-state index is 13.3. The van der Waals surface area contributed by atoms with E-state index in [1.54, 1.807) is 19.1 Å². The van der Waals surface area contributed by atoms with Gasteiger partial charge in [-0.05, 0) is 42.7 Å². The van der Waals surface area contributed by atoms with Gasteiger partial charge in [-0.3, -0.25) is 0 Å². The van der Waals surface area contributed by atoms with Crippen LogP contribution in [0.3, 0.4) is 0 Å². The number of halogens is 1. The van der Waals surface area contributed by atoms with Crippen LogP contribution in [-0.2, 0) is 4.74 Å². The lowest BCUT2D eigenvalue weighted by molar-refractivity contribution is 0.0607. The first-order chi connectivity index (χ1) is 8.95. The van der Waals surface area contributed by atoms with Crippen LogP contribution >= 0.6 is 11.3 Å². The number of carbonyl (C=O) groups excluding carboxylic acids is 1. The molecule has 0 spiro atoms. The summed E-state index contributed by atoms with van der Waals surface area (Å²) in [6, 6.07) is 4.84. The molecule has 2 rings (SSSR count). The van der Waals surface area contributed by atoms with Crippen LogP contribution in [0.2, 0.25) is 0 Å². The fraction of sp³-hybridized carbons (Fsp3) is 0.214. The Balaban J connectivity index is 2.57. The smallest absolute Gasteiger partial charge is 0.350 e. The summed E-state index contributed by atoms with van der Waals surface area (Å²) < 4.78 is 18.0. The summed E-state index contributed by atoms with van der Waals surface area (Å²) in [6.45, 7) is 3.54. The molecule has 0 aliphatic rings. The Bertz CT molecular complexity index is 649. The molecule has 0 aliphatic carbocycles. The fourth-order valence-corrected chi connectivity index (χ4v) is 2.97. The van der Waals surface area contributed by atoms with Crippen molar-refractivity contribution in [2.24, 2.45) is 0 Å². The highest BCUT2D eigenvalue weighted by atomic mass is 32.1. The Labute approximate surface area is 114 Å². The van der Waals surface area contributed by atoms with Crippen molar-refractivity contribution in [3.63, 3.8) is 0 Å². The molecule has 1 aromatic heterocycles. The van der Waals surface area contributed by atoms with E-state index in [0.29, 0.717) is 16.1 Å². The molecular formula is C14H14FNO2S. The van der Waals surface area contributed by atoms with E-state index in [4.69, 9.17) is 10.5 Å². The molecule has 5 heteroatoms. The quantitative estimate of drug-likeness (QED) is 0.855. The lowest BCUT2D eigenvalue weighted by Crippen LogP contribution is -2.01. The monoisotopic (exact) mass is 279 g/mol. The number of benzene rings is 1. The minimum Gasteiger partial charge on any atom is -0.465 e. The van der Waals surface area contributed by atoms with Crippen LogP contribution in [0.1, 0.15) is 20.8 Å². The molecule has 0 fully saturated rings. The summed E-state index contributed by atoms with van der Waals surface area (Å²) in [5.74, 6) is -0.699. The zero-order valence-corrected chi connectivity index (χ0v) is 11.7. The first-order valence-electron chi connectivity index (χ1n) is 5.69. The van der Waals surface area contributed by atoms with Crippen LogP contribution in [0.4, 0.5) is 10.1 Å². The van der Waals surface area contributed by atoms with Crippen molar-refractivity contribution >= 4 is 23.0 Å². The van der Waals surface area contributed by atoms with Gasteiger partial charge in [-0.15, -0.1) is 11.3 Å². The van der Waals surface area contributed by atoms with Crippen LogP contribution in [0, 0.1) is 19.7 Å². The van der Waals surface area contributed by atoms with Crippen molar-refractivity contribution in [2.75, 3.05) is 12.8 Å². The van der Waals surface area contributed by atoms with E-state index in [0.717, 1.165) is 16.0 Å². The summed E-state index contributed by atoms with van der Waals surface area (Å²) in [4.78, 5) is 12.8. The first-order valence-corrected chi connectivity index (χ1v) is 6.51. The van der Waals surface area contributed by atoms with Crippen molar-refractivity contribution < 1.29 is 13.9 Å². The van der Waals surface area contributed by atoms with Gasteiger partial charge in [0.15, 0.2) is 0 Å². The normalized spacial score (nSPS) is 10.5. The van der Waals surface area contributed by atoms with Gasteiger partial charge >= 0.3 is 5.97 Å². The molecule has 1 heterocycles. The predicted molar refractivity (Wildman–Crippen MR) is 74.9 cm³/mol. The zero-order chi connectivity index (χ0) is 14.2. The van der Waals surface area contributed by atoms with Gasteiger partial charge in [0.2, 0.25) is 0 Å². The number of rotatable bonds is 2. The molecule has 3 nitrogen and oxygen atoms in total. The number of hydrogen-bond donors (Lipinski definition) is 1. The SMILES string of the molecule is COC(=O)c1sc(-c2ccc(F)c(C)c2)c(C)c1N. The minimum atomic E-state index is -0.448. The number of nitrogen functional groups attached to an aromatic ring is 1. The zero-order valence-electron chi connectivity index (χ0n) is 10.9. The largest absolute Gasteiger partial charge is 0.465 e. The van der Waals surface area contributed by atoms with Crippen molar-refractivity contribution in [3.8, 4) is 10.4 Å². The summed E-state index contributed by atoms with van der Waals surface area (Å²) in [5.41, 5.74) is 8.57. The van der Waals surface area contributed by atoms with E-state index in [1.807, 2.05) is 6.92 Å². The maximum atomic E-state index is 13.3. The molecule has 0 radical (unpaired) electrons. The number of carbonyl (C=O) groups is 1. The summed E-state index contributed by atoms with van der Waals surface area (Å²) >= 11 is 1.26. The van der Waals surface area contributed by atoms with Gasteiger partial charge in [0.25, 0.3) is 0 Å². The number of nitrogens with two attached hydrogens (primary N) is 1. The molecular weight excluding hydrogens is 265 g/mol. The lowest BCUT2D eigenvalue weighted by Gasteiger charge is -2.02. The van der Waals surface area contributed by atoms with Crippen LogP contribution in [-0.4, -0.2) is 13.1 Å². The Kier molecular flexibility index (Phi) is 3.57. The molecule has 2 aromatic rings. The average molecular weight is 279 g/mol. The Morgan fingerprint density at radius 1 is 1.37 bits per heavy atom. The predicted octanol–water partition coefficient (Wildman–Crippen LogP) is 3.54. The van der Waals surface area contributed by atoms with Crippen LogP contribution < -0.4 is 5.73 Å². The number of hydrogen-bond acceptors (Lipinski definition) is 4. The second kappa shape index (κ2) is 5.01. The molecule has 0 atom stereocenters. The van der Waals surface area contributed by atoms with Gasteiger partial charge in [0, 0.05) is 4.88 Å². The third-order valence-corrected chi connectivity index (χ3v) is 4.32.